The van der Waals surface area contributed by atoms with Gasteiger partial charge in [0.1, 0.15) is 0 Å². The van der Waals surface area contributed by atoms with E-state index in [1.165, 1.54) is 0 Å². The van der Waals surface area contributed by atoms with Crippen LogP contribution in [-0.2, 0) is 17.7 Å². The van der Waals surface area contributed by atoms with Crippen molar-refractivity contribution in [2.75, 3.05) is 0 Å². The van der Waals surface area contributed by atoms with Crippen LogP contribution in [0.25, 0.3) is 0 Å². The Morgan fingerprint density at radius 2 is 0.528 bits per heavy atom. The molecule has 4 nitrogen and oxygen atoms in total. The van der Waals surface area contributed by atoms with E-state index in [4.69, 9.17) is 17.7 Å². The monoisotopic (exact) mass is 538 g/mol. The molecule has 0 aliphatic rings. The molecule has 0 aliphatic heterocycles. The minimum absolute atomic E-state index is 0.197. The van der Waals surface area contributed by atoms with E-state index in [1.807, 2.05) is 0 Å². The zero-order valence-corrected chi connectivity index (χ0v) is 28.9. The van der Waals surface area contributed by atoms with Crippen LogP contribution < -0.4 is 10.4 Å². The minimum atomic E-state index is -2.93. The highest BCUT2D eigenvalue weighted by molar-refractivity contribution is 6.85. The van der Waals surface area contributed by atoms with Gasteiger partial charge in [-0.15, -0.1) is 0 Å². The predicted molar refractivity (Wildman–Crippen MR) is 160 cm³/mol. The average molecular weight is 539 g/mol. The molecule has 0 spiro atoms. The maximum absolute atomic E-state index is 6.97. The molecule has 0 saturated carbocycles. The van der Waals surface area contributed by atoms with Gasteiger partial charge in [0.15, 0.2) is 0 Å². The topological polar surface area (TPSA) is 36.9 Å². The lowest BCUT2D eigenvalue weighted by Gasteiger charge is -2.49. The first kappa shape index (κ1) is 33.5. The first-order valence-corrected chi connectivity index (χ1v) is 17.1. The third kappa shape index (κ3) is 8.77. The molecule has 36 heavy (non-hydrogen) atoms. The van der Waals surface area contributed by atoms with Crippen molar-refractivity contribution < 1.29 is 17.7 Å². The standard InChI is InChI=1S/C30H58O4Si2/c1-25(2,3)31-35(29(13,14)15,32-26(4,5)6)23-19-21-24(22-20-23)36(30(16,17)18,33-27(7,8)9)34-28(10,11)12/h19-22H,1-18H3. The van der Waals surface area contributed by atoms with Gasteiger partial charge in [0.2, 0.25) is 0 Å². The summed E-state index contributed by atoms with van der Waals surface area (Å²) in [5, 5.41) is 1.87. The van der Waals surface area contributed by atoms with Crippen LogP contribution in [0.4, 0.5) is 0 Å². The molecule has 1 aromatic carbocycles. The lowest BCUT2D eigenvalue weighted by Crippen LogP contribution is -2.67. The second kappa shape index (κ2) is 10.2. The molecule has 1 aromatic rings. The molecule has 0 amide bonds. The Balaban J connectivity index is 3.93. The van der Waals surface area contributed by atoms with E-state index in [0.717, 1.165) is 10.4 Å². The Morgan fingerprint density at radius 1 is 0.361 bits per heavy atom. The molecule has 0 unspecified atom stereocenters. The van der Waals surface area contributed by atoms with Crippen molar-refractivity contribution >= 4 is 27.5 Å². The fourth-order valence-corrected chi connectivity index (χ4v) is 12.6. The maximum Gasteiger partial charge on any atom is 0.378 e. The second-order valence-electron chi connectivity index (χ2n) is 16.2. The number of benzene rings is 1. The van der Waals surface area contributed by atoms with Crippen LogP contribution in [0, 0.1) is 0 Å². The smallest absolute Gasteiger partial charge is 0.378 e. The van der Waals surface area contributed by atoms with Gasteiger partial charge in [-0.3, -0.25) is 0 Å². The average Bonchev–Trinajstić information content (AvgIpc) is 2.53. The first-order valence-electron chi connectivity index (χ1n) is 13.5. The Hall–Kier alpha value is -0.506. The summed E-state index contributed by atoms with van der Waals surface area (Å²) in [5.41, 5.74) is -1.40. The van der Waals surface area contributed by atoms with Crippen LogP contribution in [0.1, 0.15) is 125 Å². The zero-order valence-electron chi connectivity index (χ0n) is 26.9. The van der Waals surface area contributed by atoms with E-state index >= 15 is 0 Å². The van der Waals surface area contributed by atoms with Gasteiger partial charge in [0.05, 0.1) is 22.4 Å². The summed E-state index contributed by atoms with van der Waals surface area (Å²) in [6.07, 6.45) is 0. The molecular weight excluding hydrogens is 480 g/mol. The van der Waals surface area contributed by atoms with Gasteiger partial charge in [0, 0.05) is 10.1 Å². The number of hydrogen-bond donors (Lipinski definition) is 0. The highest BCUT2D eigenvalue weighted by Crippen LogP contribution is 2.44. The molecule has 0 bridgehead atoms. The quantitative estimate of drug-likeness (QED) is 0.346. The van der Waals surface area contributed by atoms with E-state index in [1.54, 1.807) is 0 Å². The van der Waals surface area contributed by atoms with Crippen molar-refractivity contribution in [3.8, 4) is 0 Å². The Labute approximate surface area is 226 Å². The van der Waals surface area contributed by atoms with Crippen LogP contribution in [-0.4, -0.2) is 39.5 Å². The molecule has 0 heterocycles. The first-order chi connectivity index (χ1) is 15.5. The van der Waals surface area contributed by atoms with Gasteiger partial charge in [0.25, 0.3) is 0 Å². The Bertz CT molecular complexity index is 745. The molecule has 0 radical (unpaired) electrons. The van der Waals surface area contributed by atoms with Gasteiger partial charge < -0.3 is 17.7 Å². The summed E-state index contributed by atoms with van der Waals surface area (Å²) in [7, 11) is -5.86. The number of hydrogen-bond acceptors (Lipinski definition) is 4. The van der Waals surface area contributed by atoms with Gasteiger partial charge in [-0.1, -0.05) is 65.8 Å². The van der Waals surface area contributed by atoms with Crippen molar-refractivity contribution in [2.45, 2.75) is 157 Å². The summed E-state index contributed by atoms with van der Waals surface area (Å²) in [6.45, 7) is 38.9. The molecule has 0 aliphatic carbocycles. The largest absolute Gasteiger partial charge is 0.386 e. The Morgan fingerprint density at radius 3 is 0.639 bits per heavy atom. The molecular formula is C30H58O4Si2. The van der Waals surface area contributed by atoms with E-state index in [0.29, 0.717) is 0 Å². The predicted octanol–water partition coefficient (Wildman–Crippen LogP) is 7.85. The van der Waals surface area contributed by atoms with E-state index in [9.17, 15) is 0 Å². The fraction of sp³-hybridized carbons (Fsp3) is 0.800. The molecule has 0 fully saturated rings. The molecule has 1 rings (SSSR count). The van der Waals surface area contributed by atoms with Gasteiger partial charge in [-0.2, -0.15) is 0 Å². The van der Waals surface area contributed by atoms with Crippen LogP contribution in [0.2, 0.25) is 10.1 Å². The van der Waals surface area contributed by atoms with Gasteiger partial charge in [-0.25, -0.2) is 0 Å². The van der Waals surface area contributed by atoms with Gasteiger partial charge in [-0.05, 0) is 93.5 Å². The third-order valence-corrected chi connectivity index (χ3v) is 15.2. The van der Waals surface area contributed by atoms with Crippen molar-refractivity contribution in [3.05, 3.63) is 24.3 Å². The molecule has 0 atom stereocenters. The highest BCUT2D eigenvalue weighted by atomic mass is 28.4. The van der Waals surface area contributed by atoms with Crippen LogP contribution in [0.15, 0.2) is 24.3 Å². The molecule has 0 aromatic heterocycles. The zero-order chi connectivity index (χ0) is 28.8. The van der Waals surface area contributed by atoms with Crippen molar-refractivity contribution in [1.29, 1.82) is 0 Å². The minimum Gasteiger partial charge on any atom is -0.386 e. The third-order valence-electron chi connectivity index (χ3n) is 5.42. The summed E-state index contributed by atoms with van der Waals surface area (Å²) in [6, 6.07) is 8.87. The molecule has 210 valence electrons. The van der Waals surface area contributed by atoms with Crippen molar-refractivity contribution in [3.63, 3.8) is 0 Å². The number of rotatable bonds is 6. The highest BCUT2D eigenvalue weighted by Gasteiger charge is 2.58. The fourth-order valence-electron chi connectivity index (χ4n) is 4.39. The van der Waals surface area contributed by atoms with Crippen LogP contribution in [0.3, 0.4) is 0 Å². The summed E-state index contributed by atoms with van der Waals surface area (Å²) in [4.78, 5) is 0. The van der Waals surface area contributed by atoms with Crippen molar-refractivity contribution in [1.82, 2.24) is 0 Å². The molecule has 0 N–H and O–H groups in total. The van der Waals surface area contributed by atoms with Gasteiger partial charge >= 0.3 is 17.1 Å². The molecule has 0 saturated heterocycles. The van der Waals surface area contributed by atoms with Crippen LogP contribution in [0.5, 0.6) is 0 Å². The lowest BCUT2D eigenvalue weighted by molar-refractivity contribution is 0.00976. The van der Waals surface area contributed by atoms with E-state index < -0.39 is 17.1 Å². The summed E-state index contributed by atoms with van der Waals surface area (Å²) in [5.74, 6) is 0. The summed E-state index contributed by atoms with van der Waals surface area (Å²) < 4.78 is 27.9. The van der Waals surface area contributed by atoms with E-state index in [2.05, 4.69) is 149 Å². The lowest BCUT2D eigenvalue weighted by atomic mass is 10.2. The van der Waals surface area contributed by atoms with Crippen molar-refractivity contribution in [2.24, 2.45) is 0 Å². The summed E-state index contributed by atoms with van der Waals surface area (Å²) >= 11 is 0. The maximum atomic E-state index is 6.97. The molecule has 6 heteroatoms. The second-order valence-corrected chi connectivity index (χ2v) is 23.6. The SMILES string of the molecule is CC(C)(C)O[Si](OC(C)(C)C)(c1ccc([Si](OC(C)(C)C)(OC(C)(C)C)C(C)(C)C)cc1)C(C)(C)C. The van der Waals surface area contributed by atoms with Crippen LogP contribution >= 0.6 is 0 Å². The Kier molecular flexibility index (Phi) is 9.53. The van der Waals surface area contributed by atoms with E-state index in [-0.39, 0.29) is 32.5 Å². The normalized spacial score (nSPS) is 15.4.